The van der Waals surface area contributed by atoms with Crippen molar-refractivity contribution in [2.45, 2.75) is 18.9 Å². The summed E-state index contributed by atoms with van der Waals surface area (Å²) in [5.41, 5.74) is 2.73. The maximum atomic E-state index is 11.6. The minimum Gasteiger partial charge on any atom is -0.339 e. The number of amides is 1. The fraction of sp³-hybridized carbons (Fsp3) is 0.364. The average molecular weight is 250 g/mol. The molecular formula is C11H14N4OS. The molecule has 0 aliphatic heterocycles. The minimum absolute atomic E-state index is 0.0391. The van der Waals surface area contributed by atoms with E-state index in [1.807, 2.05) is 26.0 Å². The van der Waals surface area contributed by atoms with Crippen LogP contribution in [0.5, 0.6) is 0 Å². The van der Waals surface area contributed by atoms with Crippen LogP contribution < -0.4 is 0 Å². The quantitative estimate of drug-likeness (QED) is 0.727. The van der Waals surface area contributed by atoms with E-state index in [4.69, 9.17) is 0 Å². The Kier molecular flexibility index (Phi) is 3.06. The van der Waals surface area contributed by atoms with Crippen molar-refractivity contribution in [3.05, 3.63) is 23.5 Å². The second kappa shape index (κ2) is 4.37. The van der Waals surface area contributed by atoms with Crippen molar-refractivity contribution >= 4 is 22.6 Å². The van der Waals surface area contributed by atoms with E-state index >= 15 is 0 Å². The molecule has 0 bridgehead atoms. The average Bonchev–Trinajstić information content (AvgIpc) is 2.60. The van der Waals surface area contributed by atoms with Gasteiger partial charge in [0.15, 0.2) is 5.65 Å². The Morgan fingerprint density at radius 3 is 2.71 bits per heavy atom. The molecule has 5 nitrogen and oxygen atoms in total. The molecule has 0 fully saturated rings. The van der Waals surface area contributed by atoms with Gasteiger partial charge < -0.3 is 4.90 Å². The zero-order chi connectivity index (χ0) is 12.6. The van der Waals surface area contributed by atoms with Gasteiger partial charge in [0.2, 0.25) is 0 Å². The Morgan fingerprint density at radius 2 is 2.06 bits per heavy atom. The molecule has 0 unspecified atom stereocenters. The Labute approximate surface area is 104 Å². The van der Waals surface area contributed by atoms with Crippen molar-refractivity contribution in [1.82, 2.24) is 19.5 Å². The van der Waals surface area contributed by atoms with Crippen LogP contribution >= 0.6 is 11.8 Å². The first-order valence-corrected chi connectivity index (χ1v) is 6.02. The molecule has 0 aliphatic carbocycles. The molecule has 0 aromatic carbocycles. The predicted octanol–water partition coefficient (Wildman–Crippen LogP) is 2.12. The maximum Gasteiger partial charge on any atom is 0.287 e. The molecule has 2 aromatic rings. The number of fused-ring (bicyclic) bond motifs is 1. The summed E-state index contributed by atoms with van der Waals surface area (Å²) < 4.78 is 1.75. The lowest BCUT2D eigenvalue weighted by molar-refractivity contribution is 0.241. The van der Waals surface area contributed by atoms with E-state index in [0.29, 0.717) is 5.03 Å². The van der Waals surface area contributed by atoms with Gasteiger partial charge in [0, 0.05) is 31.5 Å². The normalized spacial score (nSPS) is 10.8. The van der Waals surface area contributed by atoms with Gasteiger partial charge in [0.05, 0.1) is 0 Å². The van der Waals surface area contributed by atoms with E-state index < -0.39 is 0 Å². The summed E-state index contributed by atoms with van der Waals surface area (Å²) in [5, 5.41) is 4.98. The molecule has 2 rings (SSSR count). The van der Waals surface area contributed by atoms with Gasteiger partial charge in [-0.25, -0.2) is 9.50 Å². The van der Waals surface area contributed by atoms with Crippen molar-refractivity contribution in [3.63, 3.8) is 0 Å². The zero-order valence-electron chi connectivity index (χ0n) is 10.3. The lowest BCUT2D eigenvalue weighted by Crippen LogP contribution is -2.16. The highest BCUT2D eigenvalue weighted by molar-refractivity contribution is 8.13. The summed E-state index contributed by atoms with van der Waals surface area (Å²) in [5.74, 6) is 0. The lowest BCUT2D eigenvalue weighted by atomic mass is 10.3. The molecule has 6 heteroatoms. The fourth-order valence-corrected chi connectivity index (χ4v) is 2.14. The lowest BCUT2D eigenvalue weighted by Gasteiger charge is -2.06. The molecule has 2 aromatic heterocycles. The first-order valence-electron chi connectivity index (χ1n) is 5.20. The zero-order valence-corrected chi connectivity index (χ0v) is 11.1. The van der Waals surface area contributed by atoms with E-state index in [1.165, 1.54) is 4.90 Å². The van der Waals surface area contributed by atoms with Crippen LogP contribution in [0.1, 0.15) is 11.4 Å². The molecule has 0 radical (unpaired) electrons. The van der Waals surface area contributed by atoms with Gasteiger partial charge in [-0.15, -0.1) is 0 Å². The Bertz CT molecular complexity index is 576. The highest BCUT2D eigenvalue weighted by Gasteiger charge is 2.11. The van der Waals surface area contributed by atoms with Crippen molar-refractivity contribution in [2.75, 3.05) is 14.1 Å². The summed E-state index contributed by atoms with van der Waals surface area (Å²) in [6.45, 7) is 3.91. The Balaban J connectivity index is 2.38. The van der Waals surface area contributed by atoms with Gasteiger partial charge >= 0.3 is 0 Å². The second-order valence-electron chi connectivity index (χ2n) is 4.05. The van der Waals surface area contributed by atoms with Crippen molar-refractivity contribution in [1.29, 1.82) is 0 Å². The molecule has 0 aliphatic rings. The Hall–Kier alpha value is -1.56. The number of aromatic nitrogens is 3. The number of hydrogen-bond donors (Lipinski definition) is 0. The number of rotatable bonds is 1. The van der Waals surface area contributed by atoms with Crippen LogP contribution in [0, 0.1) is 13.8 Å². The topological polar surface area (TPSA) is 50.5 Å². The summed E-state index contributed by atoms with van der Waals surface area (Å²) >= 11 is 1.11. The maximum absolute atomic E-state index is 11.6. The number of thioether (sulfide) groups is 1. The van der Waals surface area contributed by atoms with Gasteiger partial charge in [0.1, 0.15) is 5.03 Å². The molecule has 0 saturated carbocycles. The second-order valence-corrected chi connectivity index (χ2v) is 5.03. The number of nitrogens with zero attached hydrogens (tertiary/aromatic N) is 4. The molecular weight excluding hydrogens is 236 g/mol. The third kappa shape index (κ3) is 2.41. The molecule has 17 heavy (non-hydrogen) atoms. The van der Waals surface area contributed by atoms with Gasteiger partial charge in [-0.1, -0.05) is 0 Å². The van der Waals surface area contributed by atoms with Gasteiger partial charge in [0.25, 0.3) is 5.24 Å². The standard InChI is InChI=1S/C11H14N4OS/c1-7-5-8(2)15-9(12-7)6-10(13-15)17-11(16)14(3)4/h5-6H,1-4H3. The number of carbonyl (C=O) groups is 1. The largest absolute Gasteiger partial charge is 0.339 e. The van der Waals surface area contributed by atoms with Crippen molar-refractivity contribution in [3.8, 4) is 0 Å². The van der Waals surface area contributed by atoms with Crippen LogP contribution in [0.4, 0.5) is 4.79 Å². The van der Waals surface area contributed by atoms with Crippen molar-refractivity contribution in [2.24, 2.45) is 0 Å². The summed E-state index contributed by atoms with van der Waals surface area (Å²) in [4.78, 5) is 17.5. The van der Waals surface area contributed by atoms with E-state index in [1.54, 1.807) is 18.6 Å². The molecule has 90 valence electrons. The van der Waals surface area contributed by atoms with Crippen LogP contribution in [-0.2, 0) is 0 Å². The number of carbonyl (C=O) groups excluding carboxylic acids is 1. The van der Waals surface area contributed by atoms with Crippen LogP contribution in [0.3, 0.4) is 0 Å². The number of hydrogen-bond acceptors (Lipinski definition) is 4. The summed E-state index contributed by atoms with van der Waals surface area (Å²) in [6, 6.07) is 3.79. The molecule has 0 saturated heterocycles. The molecule has 1 amide bonds. The van der Waals surface area contributed by atoms with Crippen LogP contribution in [0.2, 0.25) is 0 Å². The minimum atomic E-state index is -0.0391. The first-order chi connectivity index (χ1) is 7.97. The summed E-state index contributed by atoms with van der Waals surface area (Å²) in [6.07, 6.45) is 0. The monoisotopic (exact) mass is 250 g/mol. The molecule has 0 atom stereocenters. The molecule has 0 spiro atoms. The predicted molar refractivity (Wildman–Crippen MR) is 67.4 cm³/mol. The smallest absolute Gasteiger partial charge is 0.287 e. The third-order valence-electron chi connectivity index (χ3n) is 2.27. The van der Waals surface area contributed by atoms with Gasteiger partial charge in [-0.2, -0.15) is 5.10 Å². The van der Waals surface area contributed by atoms with E-state index in [-0.39, 0.29) is 5.24 Å². The van der Waals surface area contributed by atoms with Crippen molar-refractivity contribution < 1.29 is 4.79 Å². The Morgan fingerprint density at radius 1 is 1.35 bits per heavy atom. The van der Waals surface area contributed by atoms with Gasteiger partial charge in [-0.3, -0.25) is 4.79 Å². The van der Waals surface area contributed by atoms with E-state index in [9.17, 15) is 4.79 Å². The highest BCUT2D eigenvalue weighted by Crippen LogP contribution is 2.20. The van der Waals surface area contributed by atoms with Gasteiger partial charge in [-0.05, 0) is 31.7 Å². The number of aryl methyl sites for hydroxylation is 2. The van der Waals surface area contributed by atoms with E-state index in [2.05, 4.69) is 10.1 Å². The molecule has 2 heterocycles. The van der Waals surface area contributed by atoms with E-state index in [0.717, 1.165) is 28.8 Å². The highest BCUT2D eigenvalue weighted by atomic mass is 32.2. The van der Waals surface area contributed by atoms with Crippen LogP contribution in [0.15, 0.2) is 17.2 Å². The van der Waals surface area contributed by atoms with Crippen LogP contribution in [0.25, 0.3) is 5.65 Å². The summed E-state index contributed by atoms with van der Waals surface area (Å²) in [7, 11) is 3.44. The third-order valence-corrected chi connectivity index (χ3v) is 3.22. The fourth-order valence-electron chi connectivity index (χ4n) is 1.50. The first kappa shape index (κ1) is 11.9. The molecule has 0 N–H and O–H groups in total. The van der Waals surface area contributed by atoms with Crippen LogP contribution in [-0.4, -0.2) is 38.8 Å². The SMILES string of the molecule is Cc1cc(C)n2nc(SC(=O)N(C)C)cc2n1.